The first-order valence-electron chi connectivity index (χ1n) is 10.6. The van der Waals surface area contributed by atoms with Crippen LogP contribution >= 0.6 is 0 Å². The number of Topliss-reactive ketones (excluding diaryl/α,β-unsaturated/α-hetero) is 1. The number of ether oxygens (including phenoxy) is 2. The highest BCUT2D eigenvalue weighted by molar-refractivity contribution is 5.98. The van der Waals surface area contributed by atoms with E-state index in [9.17, 15) is 14.4 Å². The second kappa shape index (κ2) is 7.41. The number of rotatable bonds is 2. The van der Waals surface area contributed by atoms with Gasteiger partial charge in [-0.25, -0.2) is 0 Å². The molecule has 2 saturated carbocycles. The topological polar surface area (TPSA) is 69.7 Å². The molecule has 0 aromatic rings. The Kier molecular flexibility index (Phi) is 5.57. The highest BCUT2D eigenvalue weighted by Crippen LogP contribution is 2.58. The molecular weight excluding hydrogens is 368 g/mol. The standard InChI is InChI=1S/C24H34O5/c1-13-18-10-17-11-21(29-16(4)26)14(2)22(23(17,5)6)19(27)12-24(18,7)9-8-20(13)28-15(3)25/h17-18,20-21H,1,8-12H2,2-7H3. The van der Waals surface area contributed by atoms with E-state index < -0.39 is 0 Å². The van der Waals surface area contributed by atoms with Crippen LogP contribution in [0, 0.1) is 22.7 Å². The van der Waals surface area contributed by atoms with Crippen LogP contribution in [0.3, 0.4) is 0 Å². The van der Waals surface area contributed by atoms with Gasteiger partial charge in [0.05, 0.1) is 0 Å². The molecule has 0 aromatic heterocycles. The molecule has 5 atom stereocenters. The van der Waals surface area contributed by atoms with Crippen LogP contribution in [0.25, 0.3) is 0 Å². The van der Waals surface area contributed by atoms with Crippen LogP contribution in [0.1, 0.15) is 73.6 Å². The molecule has 0 amide bonds. The molecule has 3 aliphatic rings. The SMILES string of the molecule is C=C1C(OC(C)=O)CCC2(C)CC(=O)C3=C(C)C(OC(C)=O)CC(CC12)C3(C)C. The van der Waals surface area contributed by atoms with Gasteiger partial charge in [0.25, 0.3) is 0 Å². The van der Waals surface area contributed by atoms with E-state index in [2.05, 4.69) is 27.4 Å². The molecule has 29 heavy (non-hydrogen) atoms. The summed E-state index contributed by atoms with van der Waals surface area (Å²) >= 11 is 0. The summed E-state index contributed by atoms with van der Waals surface area (Å²) in [6.45, 7) is 15.6. The van der Waals surface area contributed by atoms with Crippen LogP contribution in [-0.4, -0.2) is 29.9 Å². The molecule has 5 nitrogen and oxygen atoms in total. The Hall–Kier alpha value is -1.91. The van der Waals surface area contributed by atoms with Crippen molar-refractivity contribution in [2.45, 2.75) is 85.9 Å². The van der Waals surface area contributed by atoms with Crippen molar-refractivity contribution in [3.8, 4) is 0 Å². The first kappa shape index (κ1) is 21.8. The van der Waals surface area contributed by atoms with Gasteiger partial charge in [-0.15, -0.1) is 0 Å². The van der Waals surface area contributed by atoms with Crippen molar-refractivity contribution in [1.82, 2.24) is 0 Å². The van der Waals surface area contributed by atoms with Crippen LogP contribution in [-0.2, 0) is 23.9 Å². The summed E-state index contributed by atoms with van der Waals surface area (Å²) in [7, 11) is 0. The first-order valence-corrected chi connectivity index (χ1v) is 10.6. The summed E-state index contributed by atoms with van der Waals surface area (Å²) < 4.78 is 11.1. The second-order valence-corrected chi connectivity index (χ2v) is 10.1. The summed E-state index contributed by atoms with van der Waals surface area (Å²) in [5.41, 5.74) is 2.18. The fraction of sp³-hybridized carbons (Fsp3) is 0.708. The van der Waals surface area contributed by atoms with E-state index in [4.69, 9.17) is 9.47 Å². The van der Waals surface area contributed by atoms with Crippen LogP contribution in [0.15, 0.2) is 23.3 Å². The quantitative estimate of drug-likeness (QED) is 0.501. The average Bonchev–Trinajstić information content (AvgIpc) is 2.56. The van der Waals surface area contributed by atoms with Crippen LogP contribution in [0.4, 0.5) is 0 Å². The van der Waals surface area contributed by atoms with Crippen LogP contribution in [0.5, 0.6) is 0 Å². The molecule has 0 saturated heterocycles. The maximum absolute atomic E-state index is 13.5. The monoisotopic (exact) mass is 402 g/mol. The number of hydrogen-bond acceptors (Lipinski definition) is 5. The lowest BCUT2D eigenvalue weighted by molar-refractivity contribution is -0.148. The maximum Gasteiger partial charge on any atom is 0.303 e. The third-order valence-corrected chi connectivity index (χ3v) is 7.70. The summed E-state index contributed by atoms with van der Waals surface area (Å²) in [6.07, 6.45) is 2.89. The lowest BCUT2D eigenvalue weighted by Crippen LogP contribution is -2.49. The zero-order chi connectivity index (χ0) is 21.7. The van der Waals surface area contributed by atoms with Gasteiger partial charge in [-0.05, 0) is 66.4 Å². The highest BCUT2D eigenvalue weighted by atomic mass is 16.5. The summed E-state index contributed by atoms with van der Waals surface area (Å²) in [5.74, 6) is -0.201. The normalized spacial score (nSPS) is 36.6. The van der Waals surface area contributed by atoms with Crippen molar-refractivity contribution in [3.63, 3.8) is 0 Å². The predicted molar refractivity (Wildman–Crippen MR) is 110 cm³/mol. The molecule has 0 aliphatic heterocycles. The molecular formula is C24H34O5. The van der Waals surface area contributed by atoms with Gasteiger partial charge in [-0.2, -0.15) is 0 Å². The average molecular weight is 403 g/mol. The van der Waals surface area contributed by atoms with Gasteiger partial charge in [-0.3, -0.25) is 14.4 Å². The minimum absolute atomic E-state index is 0.0896. The molecule has 0 aromatic carbocycles. The summed E-state index contributed by atoms with van der Waals surface area (Å²) in [5, 5.41) is 0. The van der Waals surface area contributed by atoms with Crippen molar-refractivity contribution >= 4 is 17.7 Å². The highest BCUT2D eigenvalue weighted by Gasteiger charge is 2.53. The van der Waals surface area contributed by atoms with Crippen LogP contribution < -0.4 is 0 Å². The summed E-state index contributed by atoms with van der Waals surface area (Å²) in [4.78, 5) is 36.8. The molecule has 5 heteroatoms. The van der Waals surface area contributed by atoms with Gasteiger partial charge in [-0.1, -0.05) is 27.4 Å². The molecule has 3 aliphatic carbocycles. The third kappa shape index (κ3) is 3.80. The van der Waals surface area contributed by atoms with Gasteiger partial charge in [0.1, 0.15) is 12.2 Å². The molecule has 0 spiro atoms. The second-order valence-electron chi connectivity index (χ2n) is 10.1. The van der Waals surface area contributed by atoms with Gasteiger partial charge in [0, 0.05) is 25.8 Å². The molecule has 5 unspecified atom stereocenters. The van der Waals surface area contributed by atoms with Crippen molar-refractivity contribution in [2.75, 3.05) is 0 Å². The number of allylic oxidation sites excluding steroid dienone is 1. The molecule has 3 rings (SSSR count). The third-order valence-electron chi connectivity index (χ3n) is 7.70. The lowest BCUT2D eigenvalue weighted by Gasteiger charge is -2.53. The number of carbonyl (C=O) groups excluding carboxylic acids is 3. The van der Waals surface area contributed by atoms with Gasteiger partial charge < -0.3 is 9.47 Å². The van der Waals surface area contributed by atoms with E-state index in [0.717, 1.165) is 29.6 Å². The van der Waals surface area contributed by atoms with Crippen molar-refractivity contribution in [2.24, 2.45) is 22.7 Å². The molecule has 0 heterocycles. The van der Waals surface area contributed by atoms with Crippen LogP contribution in [0.2, 0.25) is 0 Å². The molecule has 2 fully saturated rings. The number of ketones is 1. The first-order chi connectivity index (χ1) is 13.4. The van der Waals surface area contributed by atoms with Crippen molar-refractivity contribution < 1.29 is 23.9 Å². The number of carbonyl (C=O) groups is 3. The fourth-order valence-electron chi connectivity index (χ4n) is 6.12. The number of fused-ring (bicyclic) bond motifs is 3. The maximum atomic E-state index is 13.5. The minimum atomic E-state index is -0.352. The largest absolute Gasteiger partial charge is 0.458 e. The van der Waals surface area contributed by atoms with Gasteiger partial charge in [0.2, 0.25) is 0 Å². The Bertz CT molecular complexity index is 789. The number of esters is 2. The number of hydrogen-bond donors (Lipinski definition) is 0. The van der Waals surface area contributed by atoms with Crippen molar-refractivity contribution in [3.05, 3.63) is 23.3 Å². The minimum Gasteiger partial charge on any atom is -0.458 e. The molecule has 0 N–H and O–H groups in total. The molecule has 0 radical (unpaired) electrons. The van der Waals surface area contributed by atoms with E-state index in [-0.39, 0.29) is 52.6 Å². The van der Waals surface area contributed by atoms with E-state index in [1.54, 1.807) is 0 Å². The predicted octanol–water partition coefficient (Wildman–Crippen LogP) is 4.55. The summed E-state index contributed by atoms with van der Waals surface area (Å²) in [6, 6.07) is 0. The Balaban J connectivity index is 2.03. The lowest BCUT2D eigenvalue weighted by atomic mass is 9.52. The fourth-order valence-corrected chi connectivity index (χ4v) is 6.12. The smallest absolute Gasteiger partial charge is 0.303 e. The van der Waals surface area contributed by atoms with E-state index in [1.165, 1.54) is 13.8 Å². The van der Waals surface area contributed by atoms with Gasteiger partial charge in [0.15, 0.2) is 5.78 Å². The van der Waals surface area contributed by atoms with Gasteiger partial charge >= 0.3 is 11.9 Å². The van der Waals surface area contributed by atoms with Crippen molar-refractivity contribution in [1.29, 1.82) is 0 Å². The van der Waals surface area contributed by atoms with E-state index >= 15 is 0 Å². The Morgan fingerprint density at radius 2 is 1.62 bits per heavy atom. The van der Waals surface area contributed by atoms with E-state index in [1.807, 2.05) is 6.92 Å². The zero-order valence-electron chi connectivity index (χ0n) is 18.6. The Morgan fingerprint density at radius 1 is 1.03 bits per heavy atom. The Labute approximate surface area is 173 Å². The van der Waals surface area contributed by atoms with E-state index in [0.29, 0.717) is 19.3 Å². The molecule has 160 valence electrons. The zero-order valence-corrected chi connectivity index (χ0v) is 18.6. The molecule has 2 bridgehead atoms. The Morgan fingerprint density at radius 3 is 2.21 bits per heavy atom.